The molecule has 2 unspecified atom stereocenters. The number of esters is 1. The average Bonchev–Trinajstić information content (AvgIpc) is 2.58. The average molecular weight is 240 g/mol. The normalized spacial score (nSPS) is 35.5. The van der Waals surface area contributed by atoms with Crippen LogP contribution in [0.1, 0.15) is 32.6 Å². The van der Waals surface area contributed by atoms with Crippen molar-refractivity contribution < 1.29 is 9.53 Å². The number of nitrogens with zero attached hydrogens (tertiary/aromatic N) is 1. The molecule has 17 heavy (non-hydrogen) atoms. The van der Waals surface area contributed by atoms with E-state index in [-0.39, 0.29) is 11.5 Å². The molecule has 0 amide bonds. The maximum atomic E-state index is 12.3. The SMILES string of the molecule is COC(=O)C1(N2CCCNCC2)CCCC1C. The van der Waals surface area contributed by atoms with Crippen molar-refractivity contribution >= 4 is 5.97 Å². The van der Waals surface area contributed by atoms with Gasteiger partial charge in [-0.25, -0.2) is 0 Å². The van der Waals surface area contributed by atoms with E-state index in [1.54, 1.807) is 0 Å². The van der Waals surface area contributed by atoms with Crippen LogP contribution in [0, 0.1) is 5.92 Å². The van der Waals surface area contributed by atoms with Gasteiger partial charge < -0.3 is 10.1 Å². The fourth-order valence-corrected chi connectivity index (χ4v) is 3.49. The van der Waals surface area contributed by atoms with E-state index in [0.717, 1.165) is 51.9 Å². The summed E-state index contributed by atoms with van der Waals surface area (Å²) in [6.45, 7) is 6.20. The van der Waals surface area contributed by atoms with Crippen molar-refractivity contribution in [2.45, 2.75) is 38.1 Å². The summed E-state index contributed by atoms with van der Waals surface area (Å²) in [5.74, 6) is 0.387. The number of methoxy groups -OCH3 is 1. The molecule has 4 heteroatoms. The third kappa shape index (κ3) is 2.20. The lowest BCUT2D eigenvalue weighted by Gasteiger charge is -2.41. The van der Waals surface area contributed by atoms with Crippen LogP contribution in [0.3, 0.4) is 0 Å². The lowest BCUT2D eigenvalue weighted by molar-refractivity contribution is -0.158. The van der Waals surface area contributed by atoms with E-state index in [1.807, 2.05) is 0 Å². The Balaban J connectivity index is 2.22. The summed E-state index contributed by atoms with van der Waals surface area (Å²) >= 11 is 0. The Morgan fingerprint density at radius 3 is 2.82 bits per heavy atom. The van der Waals surface area contributed by atoms with Crippen molar-refractivity contribution in [2.24, 2.45) is 5.92 Å². The second-order valence-corrected chi connectivity index (χ2v) is 5.30. The molecule has 4 nitrogen and oxygen atoms in total. The number of rotatable bonds is 2. The van der Waals surface area contributed by atoms with Crippen LogP contribution < -0.4 is 5.32 Å². The topological polar surface area (TPSA) is 41.6 Å². The van der Waals surface area contributed by atoms with Gasteiger partial charge in [-0.2, -0.15) is 0 Å². The van der Waals surface area contributed by atoms with Crippen LogP contribution in [0.2, 0.25) is 0 Å². The Bertz CT molecular complexity index is 275. The van der Waals surface area contributed by atoms with Gasteiger partial charge in [0, 0.05) is 19.6 Å². The van der Waals surface area contributed by atoms with Gasteiger partial charge in [0.1, 0.15) is 5.54 Å². The molecule has 98 valence electrons. The maximum Gasteiger partial charge on any atom is 0.326 e. The summed E-state index contributed by atoms with van der Waals surface area (Å²) in [4.78, 5) is 14.6. The molecule has 0 radical (unpaired) electrons. The minimum atomic E-state index is -0.346. The Hall–Kier alpha value is -0.610. The molecule has 1 saturated carbocycles. The summed E-state index contributed by atoms with van der Waals surface area (Å²) in [6.07, 6.45) is 4.35. The van der Waals surface area contributed by atoms with E-state index < -0.39 is 0 Å². The zero-order chi connectivity index (χ0) is 12.3. The molecule has 2 fully saturated rings. The van der Waals surface area contributed by atoms with E-state index in [0.29, 0.717) is 5.92 Å². The van der Waals surface area contributed by atoms with Crippen LogP contribution >= 0.6 is 0 Å². The minimum Gasteiger partial charge on any atom is -0.468 e. The smallest absolute Gasteiger partial charge is 0.326 e. The molecule has 2 atom stereocenters. The number of carbonyl (C=O) groups excluding carboxylic acids is 1. The molecular weight excluding hydrogens is 216 g/mol. The summed E-state index contributed by atoms with van der Waals surface area (Å²) in [6, 6.07) is 0. The highest BCUT2D eigenvalue weighted by Crippen LogP contribution is 2.41. The molecular formula is C13H24N2O2. The standard InChI is InChI=1S/C13H24N2O2/c1-11-5-3-6-13(11,12(16)17-2)15-9-4-7-14-8-10-15/h11,14H,3-10H2,1-2H3. The fourth-order valence-electron chi connectivity index (χ4n) is 3.49. The van der Waals surface area contributed by atoms with Gasteiger partial charge in [0.15, 0.2) is 0 Å². The number of hydrogen-bond acceptors (Lipinski definition) is 4. The quantitative estimate of drug-likeness (QED) is 0.732. The predicted octanol–water partition coefficient (Wildman–Crippen LogP) is 1.01. The lowest BCUT2D eigenvalue weighted by Crippen LogP contribution is -2.57. The van der Waals surface area contributed by atoms with E-state index in [4.69, 9.17) is 4.74 Å². The molecule has 1 N–H and O–H groups in total. The van der Waals surface area contributed by atoms with Crippen molar-refractivity contribution in [1.29, 1.82) is 0 Å². The van der Waals surface area contributed by atoms with Gasteiger partial charge in [-0.1, -0.05) is 13.3 Å². The lowest BCUT2D eigenvalue weighted by atomic mass is 9.86. The maximum absolute atomic E-state index is 12.3. The van der Waals surface area contributed by atoms with Gasteiger partial charge in [0.2, 0.25) is 0 Å². The van der Waals surface area contributed by atoms with E-state index in [9.17, 15) is 4.79 Å². The highest BCUT2D eigenvalue weighted by molar-refractivity contribution is 5.81. The molecule has 1 heterocycles. The Morgan fingerprint density at radius 2 is 2.18 bits per heavy atom. The van der Waals surface area contributed by atoms with E-state index >= 15 is 0 Å². The van der Waals surface area contributed by atoms with Gasteiger partial charge >= 0.3 is 5.97 Å². The van der Waals surface area contributed by atoms with Crippen molar-refractivity contribution in [3.05, 3.63) is 0 Å². The monoisotopic (exact) mass is 240 g/mol. The zero-order valence-electron chi connectivity index (χ0n) is 11.0. The molecule has 0 aromatic heterocycles. The van der Waals surface area contributed by atoms with Gasteiger partial charge in [-0.15, -0.1) is 0 Å². The summed E-state index contributed by atoms with van der Waals surface area (Å²) in [5, 5.41) is 3.40. The van der Waals surface area contributed by atoms with Crippen LogP contribution in [0.4, 0.5) is 0 Å². The van der Waals surface area contributed by atoms with Crippen LogP contribution in [0.15, 0.2) is 0 Å². The molecule has 0 aromatic rings. The zero-order valence-corrected chi connectivity index (χ0v) is 11.0. The Kier molecular flexibility index (Phi) is 4.05. The highest BCUT2D eigenvalue weighted by Gasteiger charge is 2.51. The third-order valence-electron chi connectivity index (χ3n) is 4.45. The largest absolute Gasteiger partial charge is 0.468 e. The second kappa shape index (κ2) is 5.36. The van der Waals surface area contributed by atoms with Crippen molar-refractivity contribution in [3.8, 4) is 0 Å². The number of hydrogen-bond donors (Lipinski definition) is 1. The molecule has 2 rings (SSSR count). The van der Waals surface area contributed by atoms with Crippen LogP contribution in [0.25, 0.3) is 0 Å². The summed E-state index contributed by atoms with van der Waals surface area (Å²) < 4.78 is 5.10. The minimum absolute atomic E-state index is 0.0237. The molecule has 0 spiro atoms. The summed E-state index contributed by atoms with van der Waals surface area (Å²) in [5.41, 5.74) is -0.346. The fraction of sp³-hybridized carbons (Fsp3) is 0.923. The predicted molar refractivity (Wildman–Crippen MR) is 66.8 cm³/mol. The first-order valence-corrected chi connectivity index (χ1v) is 6.76. The van der Waals surface area contributed by atoms with Crippen molar-refractivity contribution in [1.82, 2.24) is 10.2 Å². The molecule has 2 aliphatic rings. The first-order chi connectivity index (χ1) is 8.21. The van der Waals surface area contributed by atoms with Gasteiger partial charge in [0.05, 0.1) is 7.11 Å². The number of ether oxygens (including phenoxy) is 1. The van der Waals surface area contributed by atoms with Gasteiger partial charge in [-0.05, 0) is 31.7 Å². The van der Waals surface area contributed by atoms with Crippen LogP contribution in [0.5, 0.6) is 0 Å². The number of carbonyl (C=O) groups is 1. The van der Waals surface area contributed by atoms with Crippen molar-refractivity contribution in [2.75, 3.05) is 33.3 Å². The first kappa shape index (κ1) is 12.8. The van der Waals surface area contributed by atoms with E-state index in [1.165, 1.54) is 7.11 Å². The Labute approximate surface area is 104 Å². The summed E-state index contributed by atoms with van der Waals surface area (Å²) in [7, 11) is 1.52. The van der Waals surface area contributed by atoms with Crippen LogP contribution in [-0.4, -0.2) is 49.7 Å². The molecule has 1 aliphatic heterocycles. The second-order valence-electron chi connectivity index (χ2n) is 5.30. The van der Waals surface area contributed by atoms with E-state index in [2.05, 4.69) is 17.1 Å². The highest BCUT2D eigenvalue weighted by atomic mass is 16.5. The molecule has 0 aromatic carbocycles. The van der Waals surface area contributed by atoms with Gasteiger partial charge in [-0.3, -0.25) is 9.69 Å². The van der Waals surface area contributed by atoms with Gasteiger partial charge in [0.25, 0.3) is 0 Å². The molecule has 0 bridgehead atoms. The third-order valence-corrected chi connectivity index (χ3v) is 4.45. The molecule has 1 aliphatic carbocycles. The van der Waals surface area contributed by atoms with Crippen LogP contribution in [-0.2, 0) is 9.53 Å². The van der Waals surface area contributed by atoms with Crippen molar-refractivity contribution in [3.63, 3.8) is 0 Å². The first-order valence-electron chi connectivity index (χ1n) is 6.76. The number of nitrogens with one attached hydrogen (secondary N) is 1. The Morgan fingerprint density at radius 1 is 1.35 bits per heavy atom. The molecule has 1 saturated heterocycles.